The normalized spacial score (nSPS) is 16.0. The van der Waals surface area contributed by atoms with Crippen molar-refractivity contribution in [1.29, 1.82) is 0 Å². The number of rotatable bonds is 5. The number of aromatic nitrogens is 1. The van der Waals surface area contributed by atoms with E-state index in [0.717, 1.165) is 40.6 Å². The number of fused-ring (bicyclic) bond motifs is 1. The van der Waals surface area contributed by atoms with Crippen molar-refractivity contribution < 1.29 is 9.53 Å². The number of ether oxygens (including phenoxy) is 1. The van der Waals surface area contributed by atoms with Crippen LogP contribution >= 0.6 is 0 Å². The Morgan fingerprint density at radius 3 is 2.67 bits per heavy atom. The summed E-state index contributed by atoms with van der Waals surface area (Å²) in [6.07, 6.45) is 1.91. The van der Waals surface area contributed by atoms with E-state index in [2.05, 4.69) is 10.3 Å². The van der Waals surface area contributed by atoms with Crippen LogP contribution in [0, 0.1) is 13.8 Å². The van der Waals surface area contributed by atoms with Crippen molar-refractivity contribution in [3.05, 3.63) is 75.6 Å². The number of pyridine rings is 1. The number of hydrogen-bond acceptors (Lipinski definition) is 3. The summed E-state index contributed by atoms with van der Waals surface area (Å²) in [6, 6.07) is 15.1. The number of urea groups is 1. The Hall–Kier alpha value is -3.12. The largest absolute Gasteiger partial charge is 0.376 e. The third-order valence-corrected chi connectivity index (χ3v) is 5.64. The third kappa shape index (κ3) is 4.39. The highest BCUT2D eigenvalue weighted by Gasteiger charge is 2.24. The molecule has 1 aromatic heterocycles. The summed E-state index contributed by atoms with van der Waals surface area (Å²) in [5.74, 6) is 0. The van der Waals surface area contributed by atoms with E-state index in [9.17, 15) is 9.59 Å². The molecule has 1 aliphatic heterocycles. The first-order chi connectivity index (χ1) is 14.5. The molecule has 1 saturated heterocycles. The van der Waals surface area contributed by atoms with Crippen LogP contribution in [0.2, 0.25) is 0 Å². The SMILES string of the molecule is Cc1ccc(C)c2[nH]c(=O)c(CN(C[C@@H]3CCCO3)C(=O)Nc3ccccc3)cc12. The molecule has 4 rings (SSSR count). The molecule has 2 N–H and O–H groups in total. The first kappa shape index (κ1) is 20.2. The minimum Gasteiger partial charge on any atom is -0.376 e. The molecule has 0 bridgehead atoms. The van der Waals surface area contributed by atoms with E-state index in [1.165, 1.54) is 0 Å². The molecule has 0 radical (unpaired) electrons. The van der Waals surface area contributed by atoms with Crippen molar-refractivity contribution in [2.45, 2.75) is 39.3 Å². The van der Waals surface area contributed by atoms with Gasteiger partial charge in [0, 0.05) is 29.8 Å². The molecule has 30 heavy (non-hydrogen) atoms. The van der Waals surface area contributed by atoms with Crippen molar-refractivity contribution in [3.63, 3.8) is 0 Å². The number of nitrogens with zero attached hydrogens (tertiary/aromatic N) is 1. The van der Waals surface area contributed by atoms with Gasteiger partial charge in [0.15, 0.2) is 0 Å². The van der Waals surface area contributed by atoms with Crippen LogP contribution in [0.15, 0.2) is 53.3 Å². The van der Waals surface area contributed by atoms with E-state index in [-0.39, 0.29) is 24.2 Å². The Morgan fingerprint density at radius 1 is 1.17 bits per heavy atom. The number of carbonyl (C=O) groups excluding carboxylic acids is 1. The average Bonchev–Trinajstić information content (AvgIpc) is 3.25. The van der Waals surface area contributed by atoms with Gasteiger partial charge in [-0.15, -0.1) is 0 Å². The van der Waals surface area contributed by atoms with Gasteiger partial charge < -0.3 is 19.9 Å². The molecule has 6 nitrogen and oxygen atoms in total. The van der Waals surface area contributed by atoms with Gasteiger partial charge >= 0.3 is 6.03 Å². The number of benzene rings is 2. The van der Waals surface area contributed by atoms with E-state index in [4.69, 9.17) is 4.74 Å². The van der Waals surface area contributed by atoms with Gasteiger partial charge in [-0.2, -0.15) is 0 Å². The van der Waals surface area contributed by atoms with Gasteiger partial charge in [0.1, 0.15) is 0 Å². The number of aromatic amines is 1. The molecular formula is C24H27N3O3. The molecule has 156 valence electrons. The molecule has 0 saturated carbocycles. The van der Waals surface area contributed by atoms with Gasteiger partial charge in [-0.25, -0.2) is 4.79 Å². The zero-order valence-electron chi connectivity index (χ0n) is 17.4. The lowest BCUT2D eigenvalue weighted by molar-refractivity contribution is 0.0818. The molecule has 3 aromatic rings. The van der Waals surface area contributed by atoms with Crippen LogP contribution in [-0.2, 0) is 11.3 Å². The van der Waals surface area contributed by atoms with Gasteiger partial charge in [0.05, 0.1) is 18.2 Å². The van der Waals surface area contributed by atoms with Crippen LogP contribution in [0.3, 0.4) is 0 Å². The molecule has 2 aromatic carbocycles. The van der Waals surface area contributed by atoms with Crippen LogP contribution in [-0.4, -0.2) is 35.2 Å². The fraction of sp³-hybridized carbons (Fsp3) is 0.333. The minimum atomic E-state index is -0.239. The summed E-state index contributed by atoms with van der Waals surface area (Å²) in [7, 11) is 0. The van der Waals surface area contributed by atoms with Crippen LogP contribution in [0.1, 0.15) is 29.5 Å². The molecule has 6 heteroatoms. The Kier molecular flexibility index (Phi) is 5.86. The fourth-order valence-electron chi connectivity index (χ4n) is 3.92. The molecule has 1 aliphatic rings. The molecule has 2 amide bonds. The molecule has 0 unspecified atom stereocenters. The Bertz CT molecular complexity index is 1100. The standard InChI is InChI=1S/C24H27N3O3/c1-16-10-11-17(2)22-21(16)13-18(23(28)26-22)14-27(15-20-9-6-12-30-20)24(29)25-19-7-4-3-5-8-19/h3-5,7-8,10-11,13,20H,6,9,12,14-15H2,1-2H3,(H,25,29)(H,26,28)/t20-/m0/s1. The molecular weight excluding hydrogens is 378 g/mol. The molecule has 1 atom stereocenters. The van der Waals surface area contributed by atoms with Crippen LogP contribution in [0.5, 0.6) is 0 Å². The number of para-hydroxylation sites is 1. The first-order valence-electron chi connectivity index (χ1n) is 10.4. The van der Waals surface area contributed by atoms with E-state index in [0.29, 0.717) is 18.7 Å². The van der Waals surface area contributed by atoms with Gasteiger partial charge in [0.2, 0.25) is 0 Å². The molecule has 0 spiro atoms. The van der Waals surface area contributed by atoms with E-state index >= 15 is 0 Å². The third-order valence-electron chi connectivity index (χ3n) is 5.64. The Morgan fingerprint density at radius 2 is 1.93 bits per heavy atom. The van der Waals surface area contributed by atoms with Crippen molar-refractivity contribution in [2.24, 2.45) is 0 Å². The quantitative estimate of drug-likeness (QED) is 0.662. The van der Waals surface area contributed by atoms with E-state index < -0.39 is 0 Å². The summed E-state index contributed by atoms with van der Waals surface area (Å²) >= 11 is 0. The monoisotopic (exact) mass is 405 g/mol. The average molecular weight is 405 g/mol. The second kappa shape index (κ2) is 8.71. The van der Waals surface area contributed by atoms with Gasteiger partial charge in [-0.1, -0.05) is 30.3 Å². The zero-order valence-corrected chi connectivity index (χ0v) is 17.4. The summed E-state index contributed by atoms with van der Waals surface area (Å²) in [5, 5.41) is 3.94. The highest BCUT2D eigenvalue weighted by molar-refractivity contribution is 5.89. The smallest absolute Gasteiger partial charge is 0.322 e. The first-order valence-corrected chi connectivity index (χ1v) is 10.4. The maximum atomic E-state index is 13.0. The maximum absolute atomic E-state index is 13.0. The fourth-order valence-corrected chi connectivity index (χ4v) is 3.92. The topological polar surface area (TPSA) is 74.4 Å². The second-order valence-corrected chi connectivity index (χ2v) is 7.92. The molecule has 0 aliphatic carbocycles. The Balaban J connectivity index is 1.63. The van der Waals surface area contributed by atoms with Crippen molar-refractivity contribution in [2.75, 3.05) is 18.5 Å². The maximum Gasteiger partial charge on any atom is 0.322 e. The summed E-state index contributed by atoms with van der Waals surface area (Å²) < 4.78 is 5.75. The van der Waals surface area contributed by atoms with Crippen LogP contribution in [0.4, 0.5) is 10.5 Å². The lowest BCUT2D eigenvalue weighted by Gasteiger charge is -2.26. The van der Waals surface area contributed by atoms with E-state index in [1.807, 2.05) is 62.4 Å². The number of H-pyrrole nitrogens is 1. The predicted octanol–water partition coefficient (Wildman–Crippen LogP) is 4.36. The number of aryl methyl sites for hydroxylation is 2. The van der Waals surface area contributed by atoms with Crippen LogP contribution < -0.4 is 10.9 Å². The Labute approximate surface area is 175 Å². The van der Waals surface area contributed by atoms with Crippen molar-refractivity contribution >= 4 is 22.6 Å². The minimum absolute atomic E-state index is 0.00459. The summed E-state index contributed by atoms with van der Waals surface area (Å²) in [4.78, 5) is 30.5. The lowest BCUT2D eigenvalue weighted by Crippen LogP contribution is -2.40. The summed E-state index contributed by atoms with van der Waals surface area (Å²) in [6.45, 7) is 5.39. The number of amides is 2. The summed E-state index contributed by atoms with van der Waals surface area (Å²) in [5.41, 5.74) is 4.09. The number of carbonyl (C=O) groups is 1. The lowest BCUT2D eigenvalue weighted by atomic mass is 10.0. The van der Waals surface area contributed by atoms with E-state index in [1.54, 1.807) is 4.90 Å². The number of nitrogens with one attached hydrogen (secondary N) is 2. The number of hydrogen-bond donors (Lipinski definition) is 2. The zero-order chi connectivity index (χ0) is 21.1. The predicted molar refractivity (Wildman–Crippen MR) is 119 cm³/mol. The van der Waals surface area contributed by atoms with Gasteiger partial charge in [-0.3, -0.25) is 4.79 Å². The molecule has 2 heterocycles. The van der Waals surface area contributed by atoms with Crippen molar-refractivity contribution in [3.8, 4) is 0 Å². The highest BCUT2D eigenvalue weighted by atomic mass is 16.5. The van der Waals surface area contributed by atoms with Crippen molar-refractivity contribution in [1.82, 2.24) is 9.88 Å². The van der Waals surface area contributed by atoms with Gasteiger partial charge in [-0.05, 0) is 56.0 Å². The van der Waals surface area contributed by atoms with Gasteiger partial charge in [0.25, 0.3) is 5.56 Å². The highest BCUT2D eigenvalue weighted by Crippen LogP contribution is 2.21. The number of anilines is 1. The second-order valence-electron chi connectivity index (χ2n) is 7.92. The van der Waals surface area contributed by atoms with Crippen LogP contribution in [0.25, 0.3) is 10.9 Å². The molecule has 1 fully saturated rings.